The van der Waals surface area contributed by atoms with E-state index < -0.39 is 0 Å². The number of carbonyl (C=O) groups excluding carboxylic acids is 1. The Morgan fingerprint density at radius 3 is 2.76 bits per heavy atom. The topological polar surface area (TPSA) is 30.2 Å². The van der Waals surface area contributed by atoms with Crippen molar-refractivity contribution < 1.29 is 9.21 Å². The number of rotatable bonds is 0. The van der Waals surface area contributed by atoms with Gasteiger partial charge in [0, 0.05) is 34.8 Å². The molecule has 0 N–H and O–H groups in total. The van der Waals surface area contributed by atoms with Gasteiger partial charge in [0.1, 0.15) is 11.3 Å². The van der Waals surface area contributed by atoms with Gasteiger partial charge >= 0.3 is 0 Å². The zero-order valence-electron chi connectivity index (χ0n) is 11.5. The van der Waals surface area contributed by atoms with E-state index in [9.17, 15) is 4.79 Å². The molecule has 2 nitrogen and oxygen atoms in total. The number of furan rings is 1. The Morgan fingerprint density at radius 2 is 1.81 bits per heavy atom. The molecule has 0 aliphatic heterocycles. The van der Waals surface area contributed by atoms with E-state index in [4.69, 9.17) is 4.42 Å². The van der Waals surface area contributed by atoms with Crippen LogP contribution in [0.1, 0.15) is 39.6 Å². The Bertz CT molecular complexity index is 887. The maximum atomic E-state index is 12.7. The van der Waals surface area contributed by atoms with Gasteiger partial charge in [-0.25, -0.2) is 0 Å². The third-order valence-electron chi connectivity index (χ3n) is 5.00. The van der Waals surface area contributed by atoms with E-state index in [1.54, 1.807) is 0 Å². The lowest BCUT2D eigenvalue weighted by Gasteiger charge is -2.24. The van der Waals surface area contributed by atoms with Crippen LogP contribution in [-0.4, -0.2) is 5.78 Å². The minimum Gasteiger partial charge on any atom is -0.461 e. The number of Topliss-reactive ketones (excluding diaryl/α,β-unsaturated/α-hetero) is 1. The number of para-hydroxylation sites is 1. The maximum Gasteiger partial charge on any atom is 0.167 e. The molecule has 0 spiro atoms. The first-order valence-corrected chi connectivity index (χ1v) is 7.48. The van der Waals surface area contributed by atoms with Crippen molar-refractivity contribution in [3.8, 4) is 0 Å². The summed E-state index contributed by atoms with van der Waals surface area (Å²) in [7, 11) is 0. The molecule has 0 saturated heterocycles. The second kappa shape index (κ2) is 3.85. The fraction of sp³-hybridized carbons (Fsp3) is 0.211. The van der Waals surface area contributed by atoms with Crippen molar-refractivity contribution in [2.75, 3.05) is 0 Å². The standard InChI is InChI=1S/C19H14O2/c20-19-12-6-2-1-5-11(12)17-14(19)9-10-16-18(17)13-7-3-4-8-15(13)21-16/h1-8,14,17H,9-10H2. The molecule has 2 unspecified atom stereocenters. The van der Waals surface area contributed by atoms with Crippen LogP contribution in [0.2, 0.25) is 0 Å². The quantitative estimate of drug-likeness (QED) is 0.611. The van der Waals surface area contributed by atoms with Crippen LogP contribution in [0.25, 0.3) is 11.0 Å². The highest BCUT2D eigenvalue weighted by molar-refractivity contribution is 6.05. The van der Waals surface area contributed by atoms with Gasteiger partial charge in [0.25, 0.3) is 0 Å². The molecule has 102 valence electrons. The van der Waals surface area contributed by atoms with E-state index in [0.29, 0.717) is 5.78 Å². The Hall–Kier alpha value is -2.35. The van der Waals surface area contributed by atoms with Crippen molar-refractivity contribution in [3.05, 3.63) is 71.0 Å². The van der Waals surface area contributed by atoms with E-state index >= 15 is 0 Å². The molecule has 2 atom stereocenters. The van der Waals surface area contributed by atoms with Crippen molar-refractivity contribution in [3.63, 3.8) is 0 Å². The number of hydrogen-bond acceptors (Lipinski definition) is 2. The number of ketones is 1. The van der Waals surface area contributed by atoms with Crippen molar-refractivity contribution in [1.29, 1.82) is 0 Å². The van der Waals surface area contributed by atoms with Crippen molar-refractivity contribution in [1.82, 2.24) is 0 Å². The predicted octanol–water partition coefficient (Wildman–Crippen LogP) is 4.32. The largest absolute Gasteiger partial charge is 0.461 e. The molecule has 2 aliphatic carbocycles. The van der Waals surface area contributed by atoms with Gasteiger partial charge in [-0.05, 0) is 18.1 Å². The highest BCUT2D eigenvalue weighted by Gasteiger charge is 2.45. The maximum absolute atomic E-state index is 12.7. The molecular formula is C19H14O2. The highest BCUT2D eigenvalue weighted by Crippen LogP contribution is 2.51. The minimum absolute atomic E-state index is 0.0934. The first-order valence-electron chi connectivity index (χ1n) is 7.48. The lowest BCUT2D eigenvalue weighted by molar-refractivity contribution is 0.0917. The van der Waals surface area contributed by atoms with E-state index in [1.165, 1.54) is 16.5 Å². The van der Waals surface area contributed by atoms with Crippen LogP contribution in [-0.2, 0) is 6.42 Å². The van der Waals surface area contributed by atoms with Gasteiger partial charge in [-0.2, -0.15) is 0 Å². The number of aryl methyl sites for hydroxylation is 1. The molecule has 0 radical (unpaired) electrons. The molecule has 5 rings (SSSR count). The third kappa shape index (κ3) is 1.35. The third-order valence-corrected chi connectivity index (χ3v) is 5.00. The summed E-state index contributed by atoms with van der Waals surface area (Å²) in [5.41, 5.74) is 4.28. The first kappa shape index (κ1) is 11.3. The monoisotopic (exact) mass is 274 g/mol. The second-order valence-corrected chi connectivity index (χ2v) is 6.01. The predicted molar refractivity (Wildman–Crippen MR) is 80.6 cm³/mol. The van der Waals surface area contributed by atoms with E-state index in [-0.39, 0.29) is 11.8 Å². The molecule has 0 fully saturated rings. The first-order chi connectivity index (χ1) is 10.3. The average Bonchev–Trinajstić information content (AvgIpc) is 3.04. The molecule has 0 bridgehead atoms. The number of benzene rings is 2. The van der Waals surface area contributed by atoms with E-state index in [0.717, 1.165) is 29.7 Å². The van der Waals surface area contributed by atoms with Crippen LogP contribution in [0.4, 0.5) is 0 Å². The van der Waals surface area contributed by atoms with E-state index in [1.807, 2.05) is 36.4 Å². The summed E-state index contributed by atoms with van der Waals surface area (Å²) >= 11 is 0. The SMILES string of the molecule is O=C1c2ccccc2C2c3c(oc4ccccc34)CCC12. The lowest BCUT2D eigenvalue weighted by Crippen LogP contribution is -2.20. The van der Waals surface area contributed by atoms with Crippen LogP contribution in [0.5, 0.6) is 0 Å². The van der Waals surface area contributed by atoms with Crippen molar-refractivity contribution in [2.45, 2.75) is 18.8 Å². The minimum atomic E-state index is 0.0934. The van der Waals surface area contributed by atoms with Crippen LogP contribution in [0, 0.1) is 5.92 Å². The van der Waals surface area contributed by atoms with Gasteiger partial charge in [-0.15, -0.1) is 0 Å². The lowest BCUT2D eigenvalue weighted by atomic mass is 9.77. The van der Waals surface area contributed by atoms with Gasteiger partial charge < -0.3 is 4.42 Å². The molecule has 21 heavy (non-hydrogen) atoms. The van der Waals surface area contributed by atoms with Gasteiger partial charge in [0.15, 0.2) is 5.78 Å². The molecule has 3 aromatic rings. The summed E-state index contributed by atoms with van der Waals surface area (Å²) < 4.78 is 6.04. The van der Waals surface area contributed by atoms with Crippen LogP contribution in [0.15, 0.2) is 52.9 Å². The zero-order valence-corrected chi connectivity index (χ0v) is 11.5. The Morgan fingerprint density at radius 1 is 1.00 bits per heavy atom. The van der Waals surface area contributed by atoms with Gasteiger partial charge in [0.2, 0.25) is 0 Å². The van der Waals surface area contributed by atoms with Gasteiger partial charge in [0.05, 0.1) is 0 Å². The zero-order chi connectivity index (χ0) is 14.0. The molecule has 0 amide bonds. The molecule has 1 heterocycles. The Labute approximate surface area is 122 Å². The van der Waals surface area contributed by atoms with Crippen LogP contribution < -0.4 is 0 Å². The fourth-order valence-electron chi connectivity index (χ4n) is 4.14. The smallest absolute Gasteiger partial charge is 0.167 e. The summed E-state index contributed by atoms with van der Waals surface area (Å²) in [4.78, 5) is 12.7. The van der Waals surface area contributed by atoms with Crippen molar-refractivity contribution in [2.24, 2.45) is 5.92 Å². The molecule has 2 heteroatoms. The van der Waals surface area contributed by atoms with E-state index in [2.05, 4.69) is 12.1 Å². The summed E-state index contributed by atoms with van der Waals surface area (Å²) in [6, 6.07) is 16.3. The van der Waals surface area contributed by atoms with Crippen LogP contribution >= 0.6 is 0 Å². The molecule has 1 aromatic heterocycles. The second-order valence-electron chi connectivity index (χ2n) is 6.01. The van der Waals surface area contributed by atoms with Crippen molar-refractivity contribution >= 4 is 16.8 Å². The summed E-state index contributed by atoms with van der Waals surface area (Å²) in [6.07, 6.45) is 1.76. The Balaban J connectivity index is 1.85. The Kier molecular flexibility index (Phi) is 2.08. The average molecular weight is 274 g/mol. The fourth-order valence-corrected chi connectivity index (χ4v) is 4.14. The summed E-state index contributed by atoms with van der Waals surface area (Å²) in [6.45, 7) is 0. The number of fused-ring (bicyclic) bond motifs is 7. The number of carbonyl (C=O) groups is 1. The molecule has 2 aromatic carbocycles. The molecule has 2 aliphatic rings. The summed E-state index contributed by atoms with van der Waals surface area (Å²) in [5.74, 6) is 1.66. The van der Waals surface area contributed by atoms with Gasteiger partial charge in [-0.1, -0.05) is 42.5 Å². The molecular weight excluding hydrogens is 260 g/mol. The van der Waals surface area contributed by atoms with Gasteiger partial charge in [-0.3, -0.25) is 4.79 Å². The number of hydrogen-bond donors (Lipinski definition) is 0. The van der Waals surface area contributed by atoms with Crippen LogP contribution in [0.3, 0.4) is 0 Å². The summed E-state index contributed by atoms with van der Waals surface area (Å²) in [5, 5.41) is 1.17. The normalized spacial score (nSPS) is 23.0. The molecule has 0 saturated carbocycles. The highest BCUT2D eigenvalue weighted by atomic mass is 16.3.